The second-order valence-corrected chi connectivity index (χ2v) is 7.11. The number of hydrazine groups is 1. The number of carbonyl (C=O) groups excluding carboxylic acids is 1. The minimum atomic E-state index is -0.268. The lowest BCUT2D eigenvalue weighted by molar-refractivity contribution is 0.0947. The number of aromatic nitrogens is 1. The van der Waals surface area contributed by atoms with Gasteiger partial charge in [0.2, 0.25) is 0 Å². The van der Waals surface area contributed by atoms with E-state index in [1.165, 1.54) is 16.9 Å². The van der Waals surface area contributed by atoms with Crippen LogP contribution < -0.4 is 16.2 Å². The van der Waals surface area contributed by atoms with E-state index in [2.05, 4.69) is 21.2 Å². The van der Waals surface area contributed by atoms with E-state index in [-0.39, 0.29) is 5.91 Å². The molecule has 5 nitrogen and oxygen atoms in total. The summed E-state index contributed by atoms with van der Waals surface area (Å²) in [5.41, 5.74) is 9.03. The van der Waals surface area contributed by atoms with Crippen molar-refractivity contribution in [3.05, 3.63) is 70.7 Å². The molecule has 132 valence electrons. The van der Waals surface area contributed by atoms with Gasteiger partial charge in [0, 0.05) is 11.3 Å². The van der Waals surface area contributed by atoms with Crippen molar-refractivity contribution in [2.24, 2.45) is 0 Å². The lowest BCUT2D eigenvalue weighted by atomic mass is 10.2. The highest BCUT2D eigenvalue weighted by Gasteiger charge is 2.16. The number of para-hydroxylation sites is 1. The quantitative estimate of drug-likeness (QED) is 0.471. The Hall–Kier alpha value is -2.77. The van der Waals surface area contributed by atoms with Crippen molar-refractivity contribution in [1.82, 2.24) is 15.8 Å². The van der Waals surface area contributed by atoms with Gasteiger partial charge in [0.15, 0.2) is 5.11 Å². The molecule has 0 aliphatic rings. The topological polar surface area (TPSA) is 66.0 Å². The maximum Gasteiger partial charge on any atom is 0.281 e. The third kappa shape index (κ3) is 4.44. The normalized spacial score (nSPS) is 10.2. The van der Waals surface area contributed by atoms with Gasteiger partial charge < -0.3 is 5.32 Å². The number of nitrogens with zero attached hydrogens (tertiary/aromatic N) is 1. The van der Waals surface area contributed by atoms with Gasteiger partial charge in [-0.3, -0.25) is 15.6 Å². The summed E-state index contributed by atoms with van der Waals surface area (Å²) >= 11 is 6.54. The summed E-state index contributed by atoms with van der Waals surface area (Å²) in [6.07, 6.45) is 0. The van der Waals surface area contributed by atoms with Gasteiger partial charge in [0.1, 0.15) is 9.88 Å². The van der Waals surface area contributed by atoms with Crippen molar-refractivity contribution in [1.29, 1.82) is 0 Å². The van der Waals surface area contributed by atoms with E-state index in [1.807, 2.05) is 68.4 Å². The minimum Gasteiger partial charge on any atom is -0.331 e. The number of aryl methyl sites for hydroxylation is 2. The van der Waals surface area contributed by atoms with Crippen molar-refractivity contribution in [2.75, 3.05) is 5.32 Å². The number of hydrogen-bond acceptors (Lipinski definition) is 4. The molecule has 26 heavy (non-hydrogen) atoms. The van der Waals surface area contributed by atoms with Crippen LogP contribution in [0.5, 0.6) is 0 Å². The number of amides is 1. The van der Waals surface area contributed by atoms with Gasteiger partial charge in [-0.1, -0.05) is 48.0 Å². The van der Waals surface area contributed by atoms with Crippen LogP contribution in [0.3, 0.4) is 0 Å². The first-order valence-corrected chi connectivity index (χ1v) is 9.22. The number of thiazole rings is 1. The average molecular weight is 383 g/mol. The first kappa shape index (κ1) is 18.0. The third-order valence-electron chi connectivity index (χ3n) is 3.62. The lowest BCUT2D eigenvalue weighted by Crippen LogP contribution is -2.43. The molecule has 1 aromatic heterocycles. The van der Waals surface area contributed by atoms with Gasteiger partial charge in [-0.05, 0) is 38.2 Å². The van der Waals surface area contributed by atoms with E-state index >= 15 is 0 Å². The van der Waals surface area contributed by atoms with Crippen molar-refractivity contribution >= 4 is 40.3 Å². The Morgan fingerprint density at radius 3 is 2.38 bits per heavy atom. The largest absolute Gasteiger partial charge is 0.331 e. The molecule has 0 atom stereocenters. The van der Waals surface area contributed by atoms with Crippen molar-refractivity contribution in [3.8, 4) is 10.6 Å². The predicted octanol–water partition coefficient (Wildman–Crippen LogP) is 4.06. The number of benzene rings is 2. The van der Waals surface area contributed by atoms with Crippen LogP contribution in [0.1, 0.15) is 20.9 Å². The van der Waals surface area contributed by atoms with Crippen LogP contribution in [-0.2, 0) is 0 Å². The molecule has 3 aromatic rings. The van der Waals surface area contributed by atoms with E-state index in [9.17, 15) is 4.79 Å². The zero-order valence-electron chi connectivity index (χ0n) is 14.4. The summed E-state index contributed by atoms with van der Waals surface area (Å²) in [5.74, 6) is -0.268. The van der Waals surface area contributed by atoms with Gasteiger partial charge >= 0.3 is 0 Å². The molecule has 1 amide bonds. The third-order valence-corrected chi connectivity index (χ3v) is 5.03. The summed E-state index contributed by atoms with van der Waals surface area (Å²) in [7, 11) is 0. The van der Waals surface area contributed by atoms with Crippen LogP contribution in [0.4, 0.5) is 5.69 Å². The fourth-order valence-electron chi connectivity index (χ4n) is 2.28. The molecule has 0 saturated heterocycles. The first-order chi connectivity index (χ1) is 12.5. The van der Waals surface area contributed by atoms with E-state index in [0.29, 0.717) is 15.7 Å². The van der Waals surface area contributed by atoms with Crippen LogP contribution in [-0.4, -0.2) is 16.0 Å². The Balaban J connectivity index is 1.63. The summed E-state index contributed by atoms with van der Waals surface area (Å²) in [6.45, 7) is 3.86. The van der Waals surface area contributed by atoms with Gasteiger partial charge in [0.25, 0.3) is 5.91 Å². The molecule has 0 fully saturated rings. The number of hydrogen-bond donors (Lipinski definition) is 3. The SMILES string of the molecule is Cc1ccc(-c2nc(C)c(C(=O)NNC(=S)Nc3ccccc3)s2)cc1. The second kappa shape index (κ2) is 8.07. The maximum absolute atomic E-state index is 12.4. The molecule has 0 unspecified atom stereocenters. The van der Waals surface area contributed by atoms with Crippen LogP contribution in [0.15, 0.2) is 54.6 Å². The highest BCUT2D eigenvalue weighted by atomic mass is 32.1. The molecule has 0 saturated carbocycles. The molecule has 0 aliphatic carbocycles. The van der Waals surface area contributed by atoms with E-state index < -0.39 is 0 Å². The summed E-state index contributed by atoms with van der Waals surface area (Å²) in [4.78, 5) is 17.5. The molecular formula is C19H18N4OS2. The molecular weight excluding hydrogens is 364 g/mol. The van der Waals surface area contributed by atoms with E-state index in [0.717, 1.165) is 16.3 Å². The van der Waals surface area contributed by atoms with Crippen LogP contribution >= 0.6 is 23.6 Å². The first-order valence-electron chi connectivity index (χ1n) is 8.00. The van der Waals surface area contributed by atoms with E-state index in [1.54, 1.807) is 0 Å². The smallest absolute Gasteiger partial charge is 0.281 e. The molecule has 1 heterocycles. The Morgan fingerprint density at radius 2 is 1.69 bits per heavy atom. The molecule has 0 aliphatic heterocycles. The van der Waals surface area contributed by atoms with E-state index in [4.69, 9.17) is 12.2 Å². The number of anilines is 1. The number of nitrogens with one attached hydrogen (secondary N) is 3. The van der Waals surface area contributed by atoms with Gasteiger partial charge in [-0.2, -0.15) is 0 Å². The summed E-state index contributed by atoms with van der Waals surface area (Å²) < 4.78 is 0. The second-order valence-electron chi connectivity index (χ2n) is 5.70. The molecule has 3 rings (SSSR count). The Kier molecular flexibility index (Phi) is 5.60. The molecule has 0 bridgehead atoms. The fraction of sp³-hybridized carbons (Fsp3) is 0.105. The lowest BCUT2D eigenvalue weighted by Gasteiger charge is -2.11. The number of rotatable bonds is 3. The molecule has 0 radical (unpaired) electrons. The van der Waals surface area contributed by atoms with Gasteiger partial charge in [-0.25, -0.2) is 4.98 Å². The van der Waals surface area contributed by atoms with Gasteiger partial charge in [-0.15, -0.1) is 11.3 Å². The summed E-state index contributed by atoms with van der Waals surface area (Å²) in [6, 6.07) is 17.6. The minimum absolute atomic E-state index is 0.268. The van der Waals surface area contributed by atoms with Crippen molar-refractivity contribution in [2.45, 2.75) is 13.8 Å². The van der Waals surface area contributed by atoms with Crippen LogP contribution in [0, 0.1) is 13.8 Å². The van der Waals surface area contributed by atoms with Crippen molar-refractivity contribution < 1.29 is 4.79 Å². The predicted molar refractivity (Wildman–Crippen MR) is 110 cm³/mol. The zero-order chi connectivity index (χ0) is 18.5. The van der Waals surface area contributed by atoms with Crippen molar-refractivity contribution in [3.63, 3.8) is 0 Å². The number of thiocarbonyl (C=S) groups is 1. The Morgan fingerprint density at radius 1 is 1.00 bits per heavy atom. The number of carbonyl (C=O) groups is 1. The van der Waals surface area contributed by atoms with Crippen LogP contribution in [0.2, 0.25) is 0 Å². The fourth-order valence-corrected chi connectivity index (χ4v) is 3.42. The molecule has 7 heteroatoms. The summed E-state index contributed by atoms with van der Waals surface area (Å²) in [5, 5.41) is 4.12. The highest BCUT2D eigenvalue weighted by molar-refractivity contribution is 7.80. The monoisotopic (exact) mass is 382 g/mol. The zero-order valence-corrected chi connectivity index (χ0v) is 16.0. The highest BCUT2D eigenvalue weighted by Crippen LogP contribution is 2.27. The van der Waals surface area contributed by atoms with Crippen LogP contribution in [0.25, 0.3) is 10.6 Å². The maximum atomic E-state index is 12.4. The molecule has 0 spiro atoms. The Bertz CT molecular complexity index is 920. The molecule has 3 N–H and O–H groups in total. The standard InChI is InChI=1S/C19H18N4OS2/c1-12-8-10-14(11-9-12)18-20-13(2)16(26-18)17(24)22-23-19(25)21-15-6-4-3-5-7-15/h3-11H,1-2H3,(H,22,24)(H2,21,23,25). The van der Waals surface area contributed by atoms with Gasteiger partial charge in [0.05, 0.1) is 5.69 Å². The average Bonchev–Trinajstić information content (AvgIpc) is 3.03. The molecule has 2 aromatic carbocycles. The Labute approximate surface area is 161 Å².